The number of aromatic carboxylic acids is 1. The van der Waals surface area contributed by atoms with E-state index in [0.717, 1.165) is 17.7 Å². The van der Waals surface area contributed by atoms with Gasteiger partial charge in [0.25, 0.3) is 0 Å². The molecular weight excluding hydrogens is 283 g/mol. The minimum absolute atomic E-state index is 0.305. The molecule has 1 aliphatic rings. The fraction of sp³-hybridized carbons (Fsp3) is 0.133. The Morgan fingerprint density at radius 3 is 2.38 bits per heavy atom. The van der Waals surface area contributed by atoms with Crippen LogP contribution in [0.5, 0.6) is 0 Å². The summed E-state index contributed by atoms with van der Waals surface area (Å²) in [4.78, 5) is 12.1. The highest BCUT2D eigenvalue weighted by molar-refractivity contribution is 5.88. The van der Waals surface area contributed by atoms with Gasteiger partial charge in [-0.3, -0.25) is 0 Å². The Hall–Kier alpha value is -2.50. The molecule has 2 aromatic carbocycles. The zero-order valence-electron chi connectivity index (χ0n) is 10.7. The molecule has 108 valence electrons. The maximum Gasteiger partial charge on any atom is 0.335 e. The fourth-order valence-electron chi connectivity index (χ4n) is 2.53. The minimum atomic E-state index is -1.41. The molecule has 21 heavy (non-hydrogen) atoms. The number of fused-ring (bicyclic) bond motifs is 1. The van der Waals surface area contributed by atoms with Gasteiger partial charge in [0.05, 0.1) is 5.56 Å². The van der Waals surface area contributed by atoms with E-state index in [0.29, 0.717) is 18.7 Å². The summed E-state index contributed by atoms with van der Waals surface area (Å²) >= 11 is 0. The normalized spacial score (nSPS) is 13.4. The van der Waals surface area contributed by atoms with Gasteiger partial charge in [-0.15, -0.1) is 0 Å². The molecule has 0 saturated heterocycles. The molecule has 1 heterocycles. The van der Waals surface area contributed by atoms with Gasteiger partial charge in [-0.05, 0) is 36.2 Å². The average Bonchev–Trinajstić information content (AvgIpc) is 2.81. The van der Waals surface area contributed by atoms with Crippen molar-refractivity contribution in [2.75, 3.05) is 11.4 Å². The second kappa shape index (κ2) is 4.80. The molecule has 3 rings (SSSR count). The van der Waals surface area contributed by atoms with Crippen molar-refractivity contribution in [1.82, 2.24) is 0 Å². The highest BCUT2D eigenvalue weighted by Gasteiger charge is 2.27. The van der Waals surface area contributed by atoms with E-state index in [1.54, 1.807) is 6.07 Å². The van der Waals surface area contributed by atoms with Crippen molar-refractivity contribution in [2.45, 2.75) is 6.42 Å². The first kappa shape index (κ1) is 13.5. The lowest BCUT2D eigenvalue weighted by Gasteiger charge is -2.21. The van der Waals surface area contributed by atoms with E-state index in [4.69, 9.17) is 5.11 Å². The third kappa shape index (κ3) is 2.22. The lowest BCUT2D eigenvalue weighted by Crippen LogP contribution is -2.17. The van der Waals surface area contributed by atoms with E-state index in [1.165, 1.54) is 17.0 Å². The van der Waals surface area contributed by atoms with Crippen LogP contribution in [0.2, 0.25) is 0 Å². The lowest BCUT2D eigenvalue weighted by molar-refractivity contribution is 0.0696. The predicted octanol–water partition coefficient (Wildman–Crippen LogP) is 3.50. The SMILES string of the molecule is O=C(O)c1cc(F)c(N2CCc3ccc(F)cc32)c(F)c1. The first-order valence-electron chi connectivity index (χ1n) is 6.25. The number of rotatable bonds is 2. The molecule has 0 fully saturated rings. The zero-order chi connectivity index (χ0) is 15.1. The molecule has 0 unspecified atom stereocenters. The van der Waals surface area contributed by atoms with Gasteiger partial charge in [0, 0.05) is 12.2 Å². The quantitative estimate of drug-likeness (QED) is 0.921. The van der Waals surface area contributed by atoms with E-state index >= 15 is 0 Å². The van der Waals surface area contributed by atoms with Crippen LogP contribution in [-0.2, 0) is 6.42 Å². The molecule has 1 aliphatic heterocycles. The Kier molecular flexibility index (Phi) is 3.08. The summed E-state index contributed by atoms with van der Waals surface area (Å²) in [6.45, 7) is 0.305. The second-order valence-corrected chi connectivity index (χ2v) is 4.77. The van der Waals surface area contributed by atoms with Gasteiger partial charge in [-0.2, -0.15) is 0 Å². The molecule has 6 heteroatoms. The number of nitrogens with zero attached hydrogens (tertiary/aromatic N) is 1. The van der Waals surface area contributed by atoms with Gasteiger partial charge in [0.2, 0.25) is 0 Å². The summed E-state index contributed by atoms with van der Waals surface area (Å²) in [5.74, 6) is -3.87. The molecule has 0 spiro atoms. The van der Waals surface area contributed by atoms with Crippen molar-refractivity contribution < 1.29 is 23.1 Å². The average molecular weight is 293 g/mol. The van der Waals surface area contributed by atoms with Gasteiger partial charge >= 0.3 is 5.97 Å². The van der Waals surface area contributed by atoms with Gasteiger partial charge in [0.1, 0.15) is 11.5 Å². The van der Waals surface area contributed by atoms with E-state index in [1.807, 2.05) is 0 Å². The Morgan fingerprint density at radius 1 is 1.10 bits per heavy atom. The Bertz CT molecular complexity index is 723. The van der Waals surface area contributed by atoms with Crippen LogP contribution in [0.4, 0.5) is 24.5 Å². The number of hydrogen-bond acceptors (Lipinski definition) is 2. The van der Waals surface area contributed by atoms with Gasteiger partial charge in [0.15, 0.2) is 11.6 Å². The highest BCUT2D eigenvalue weighted by Crippen LogP contribution is 2.38. The summed E-state index contributed by atoms with van der Waals surface area (Å²) in [7, 11) is 0. The summed E-state index contributed by atoms with van der Waals surface area (Å²) in [6.07, 6.45) is 0.537. The second-order valence-electron chi connectivity index (χ2n) is 4.77. The first-order valence-corrected chi connectivity index (χ1v) is 6.25. The van der Waals surface area contributed by atoms with E-state index < -0.39 is 29.0 Å². The molecule has 0 amide bonds. The number of carboxylic acids is 1. The molecule has 0 radical (unpaired) electrons. The Balaban J connectivity index is 2.12. The third-order valence-corrected chi connectivity index (χ3v) is 3.48. The van der Waals surface area contributed by atoms with Crippen molar-refractivity contribution in [1.29, 1.82) is 0 Å². The van der Waals surface area contributed by atoms with Crippen molar-refractivity contribution in [2.24, 2.45) is 0 Å². The Morgan fingerprint density at radius 2 is 1.76 bits per heavy atom. The number of hydrogen-bond donors (Lipinski definition) is 1. The molecule has 0 bridgehead atoms. The standard InChI is InChI=1S/C15H10F3NO2/c16-10-2-1-8-3-4-19(13(8)7-10)14-11(17)5-9(15(20)21)6-12(14)18/h1-2,5-7H,3-4H2,(H,20,21). The van der Waals surface area contributed by atoms with Crippen LogP contribution in [0.15, 0.2) is 30.3 Å². The van der Waals surface area contributed by atoms with Crippen LogP contribution >= 0.6 is 0 Å². The summed E-state index contributed by atoms with van der Waals surface area (Å²) < 4.78 is 41.5. The predicted molar refractivity (Wildman–Crippen MR) is 70.4 cm³/mol. The largest absolute Gasteiger partial charge is 0.478 e. The molecule has 0 aromatic heterocycles. The van der Waals surface area contributed by atoms with Gasteiger partial charge in [-0.1, -0.05) is 6.07 Å². The number of carbonyl (C=O) groups is 1. The molecule has 3 nitrogen and oxygen atoms in total. The third-order valence-electron chi connectivity index (χ3n) is 3.48. The molecule has 0 atom stereocenters. The minimum Gasteiger partial charge on any atom is -0.478 e. The maximum absolute atomic E-state index is 14.1. The highest BCUT2D eigenvalue weighted by atomic mass is 19.1. The summed E-state index contributed by atoms with van der Waals surface area (Å²) in [5, 5.41) is 8.79. The van der Waals surface area contributed by atoms with Crippen molar-refractivity contribution in [3.8, 4) is 0 Å². The molecule has 0 saturated carbocycles. The van der Waals surface area contributed by atoms with Crippen LogP contribution in [-0.4, -0.2) is 17.6 Å². The number of carboxylic acid groups (broad SMARTS) is 1. The van der Waals surface area contributed by atoms with Crippen LogP contribution in [0.1, 0.15) is 15.9 Å². The van der Waals surface area contributed by atoms with Crippen LogP contribution in [0, 0.1) is 17.5 Å². The monoisotopic (exact) mass is 293 g/mol. The molecule has 0 aliphatic carbocycles. The molecular formula is C15H10F3NO2. The van der Waals surface area contributed by atoms with Gasteiger partial charge in [-0.25, -0.2) is 18.0 Å². The summed E-state index contributed by atoms with van der Waals surface area (Å²) in [6, 6.07) is 5.61. The van der Waals surface area contributed by atoms with Crippen molar-refractivity contribution in [3.63, 3.8) is 0 Å². The number of halogens is 3. The molecule has 1 N–H and O–H groups in total. The maximum atomic E-state index is 14.1. The van der Waals surface area contributed by atoms with Crippen LogP contribution in [0.3, 0.4) is 0 Å². The Labute approximate surface area is 118 Å². The van der Waals surface area contributed by atoms with E-state index in [2.05, 4.69) is 0 Å². The van der Waals surface area contributed by atoms with E-state index in [9.17, 15) is 18.0 Å². The van der Waals surface area contributed by atoms with Crippen LogP contribution in [0.25, 0.3) is 0 Å². The lowest BCUT2D eigenvalue weighted by atomic mass is 10.1. The number of benzene rings is 2. The van der Waals surface area contributed by atoms with E-state index in [-0.39, 0.29) is 5.69 Å². The summed E-state index contributed by atoms with van der Waals surface area (Å²) in [5.41, 5.74) is 0.366. The smallest absolute Gasteiger partial charge is 0.335 e. The van der Waals surface area contributed by atoms with Crippen LogP contribution < -0.4 is 4.90 Å². The van der Waals surface area contributed by atoms with Crippen molar-refractivity contribution in [3.05, 3.63) is 58.9 Å². The fourth-order valence-corrected chi connectivity index (χ4v) is 2.53. The topological polar surface area (TPSA) is 40.5 Å². The van der Waals surface area contributed by atoms with Crippen molar-refractivity contribution >= 4 is 17.3 Å². The molecule has 2 aromatic rings. The first-order chi connectivity index (χ1) is 9.97. The van der Waals surface area contributed by atoms with Gasteiger partial charge < -0.3 is 10.0 Å². The number of anilines is 2. The zero-order valence-corrected chi connectivity index (χ0v) is 10.7.